The van der Waals surface area contributed by atoms with Crippen molar-refractivity contribution in [2.45, 2.75) is 24.9 Å². The van der Waals surface area contributed by atoms with Crippen LogP contribution >= 0.6 is 11.6 Å². The predicted molar refractivity (Wildman–Crippen MR) is 120 cm³/mol. The van der Waals surface area contributed by atoms with E-state index in [1.165, 1.54) is 31.1 Å². The number of benzene rings is 1. The molecule has 2 amide bonds. The monoisotopic (exact) mass is 488 g/mol. The summed E-state index contributed by atoms with van der Waals surface area (Å²) in [5.41, 5.74) is -0.301. The minimum absolute atomic E-state index is 0.0298. The lowest BCUT2D eigenvalue weighted by Crippen LogP contribution is -2.48. The minimum Gasteiger partial charge on any atom is -0.456 e. The molecule has 0 bridgehead atoms. The van der Waals surface area contributed by atoms with Crippen molar-refractivity contribution in [2.75, 3.05) is 27.2 Å². The van der Waals surface area contributed by atoms with Gasteiger partial charge < -0.3 is 19.3 Å². The third kappa shape index (κ3) is 4.64. The summed E-state index contributed by atoms with van der Waals surface area (Å²) in [6.45, 7) is 0.478. The van der Waals surface area contributed by atoms with E-state index in [2.05, 4.69) is 9.97 Å². The second-order valence-corrected chi connectivity index (χ2v) is 8.87. The Hall–Kier alpha value is -3.37. The number of aromatic nitrogens is 2. The maximum absolute atomic E-state index is 13.1. The molecule has 0 atom stereocenters. The van der Waals surface area contributed by atoms with Gasteiger partial charge in [0.05, 0.1) is 5.60 Å². The van der Waals surface area contributed by atoms with Crippen molar-refractivity contribution >= 4 is 40.2 Å². The molecule has 3 heterocycles. The summed E-state index contributed by atoms with van der Waals surface area (Å²) in [6, 6.07) is 5.94. The normalized spacial score (nSPS) is 15.4. The van der Waals surface area contributed by atoms with Crippen LogP contribution in [-0.4, -0.2) is 75.3 Å². The van der Waals surface area contributed by atoms with Crippen LogP contribution in [0.3, 0.4) is 0 Å². The van der Waals surface area contributed by atoms with Crippen molar-refractivity contribution in [3.63, 3.8) is 0 Å². The lowest BCUT2D eigenvalue weighted by molar-refractivity contribution is -0.124. The first-order chi connectivity index (χ1) is 16.1. The Morgan fingerprint density at radius 1 is 1.18 bits per heavy atom. The Bertz CT molecular complexity index is 1270. The Kier molecular flexibility index (Phi) is 6.37. The van der Waals surface area contributed by atoms with Gasteiger partial charge in [-0.15, -0.1) is 0 Å². The van der Waals surface area contributed by atoms with Crippen molar-refractivity contribution in [1.82, 2.24) is 19.8 Å². The van der Waals surface area contributed by atoms with Gasteiger partial charge in [-0.25, -0.2) is 14.4 Å². The van der Waals surface area contributed by atoms with Crippen molar-refractivity contribution in [1.29, 1.82) is 0 Å². The smallest absolute Gasteiger partial charge is 0.297 e. The van der Waals surface area contributed by atoms with Crippen LogP contribution in [0, 0.1) is 5.82 Å². The van der Waals surface area contributed by atoms with Crippen LogP contribution < -0.4 is 0 Å². The third-order valence-electron chi connectivity index (χ3n) is 5.82. The van der Waals surface area contributed by atoms with Crippen LogP contribution in [0.1, 0.15) is 39.4 Å². The summed E-state index contributed by atoms with van der Waals surface area (Å²) in [5, 5.41) is 10.8. The number of hydrogen-bond donors (Lipinski definition) is 1. The van der Waals surface area contributed by atoms with Crippen molar-refractivity contribution in [3.8, 4) is 0 Å². The van der Waals surface area contributed by atoms with E-state index in [9.17, 15) is 23.9 Å². The standard InChI is InChI=1S/C23H22ClFN4O5/c1-28(2)22(32)18(30)19-16-15(12-34-19)26-20(24)17(27-16)21(31)29-9-7-23(33,8-10-29)11-13-3-5-14(25)6-4-13/h3-6,12,33H,7-11H2,1-2H3. The number of aliphatic hydroxyl groups is 1. The topological polar surface area (TPSA) is 117 Å². The molecule has 34 heavy (non-hydrogen) atoms. The minimum atomic E-state index is -1.04. The van der Waals surface area contributed by atoms with E-state index in [0.717, 1.165) is 16.7 Å². The summed E-state index contributed by atoms with van der Waals surface area (Å²) in [7, 11) is 2.85. The molecule has 1 N–H and O–H groups in total. The molecule has 0 aliphatic carbocycles. The van der Waals surface area contributed by atoms with Gasteiger partial charge in [0.2, 0.25) is 5.76 Å². The highest BCUT2D eigenvalue weighted by Crippen LogP contribution is 2.29. The third-order valence-corrected chi connectivity index (χ3v) is 6.08. The second-order valence-electron chi connectivity index (χ2n) is 8.51. The number of ketones is 1. The number of carbonyl (C=O) groups is 3. The van der Waals surface area contributed by atoms with Crippen LogP contribution in [-0.2, 0) is 11.2 Å². The fourth-order valence-electron chi connectivity index (χ4n) is 3.88. The molecule has 1 aromatic carbocycles. The van der Waals surface area contributed by atoms with Gasteiger partial charge in [0, 0.05) is 33.6 Å². The predicted octanol–water partition coefficient (Wildman–Crippen LogP) is 2.50. The Balaban J connectivity index is 1.52. The largest absolute Gasteiger partial charge is 0.456 e. The van der Waals surface area contributed by atoms with Crippen molar-refractivity contribution < 1.29 is 28.3 Å². The highest BCUT2D eigenvalue weighted by Gasteiger charge is 2.36. The molecule has 0 saturated carbocycles. The highest BCUT2D eigenvalue weighted by molar-refractivity contribution is 6.43. The average molecular weight is 489 g/mol. The zero-order valence-corrected chi connectivity index (χ0v) is 19.3. The van der Waals surface area contributed by atoms with Crippen LogP contribution in [0.25, 0.3) is 11.0 Å². The highest BCUT2D eigenvalue weighted by atomic mass is 35.5. The van der Waals surface area contributed by atoms with Gasteiger partial charge in [-0.3, -0.25) is 14.4 Å². The number of carbonyl (C=O) groups excluding carboxylic acids is 3. The molecule has 3 aromatic rings. The molecule has 0 unspecified atom stereocenters. The number of furan rings is 1. The molecule has 2 aromatic heterocycles. The number of likely N-dealkylation sites (tertiary alicyclic amines) is 1. The molecule has 9 nitrogen and oxygen atoms in total. The number of rotatable bonds is 5. The van der Waals surface area contributed by atoms with Crippen molar-refractivity contribution in [2.24, 2.45) is 0 Å². The zero-order valence-electron chi connectivity index (χ0n) is 18.5. The summed E-state index contributed by atoms with van der Waals surface area (Å²) in [4.78, 5) is 48.5. The molecule has 1 aliphatic rings. The number of piperidine rings is 1. The van der Waals surface area contributed by atoms with Crippen LogP contribution in [0.5, 0.6) is 0 Å². The number of amides is 2. The van der Waals surface area contributed by atoms with Crippen molar-refractivity contribution in [3.05, 3.63) is 58.5 Å². The van der Waals surface area contributed by atoms with Crippen LogP contribution in [0.4, 0.5) is 4.39 Å². The summed E-state index contributed by atoms with van der Waals surface area (Å²) in [6.07, 6.45) is 2.09. The fraction of sp³-hybridized carbons (Fsp3) is 0.348. The number of likely N-dealkylation sites (N-methyl/N-ethyl adjacent to an activating group) is 1. The molecular weight excluding hydrogens is 467 g/mol. The van der Waals surface area contributed by atoms with Gasteiger partial charge in [0.1, 0.15) is 23.1 Å². The lowest BCUT2D eigenvalue weighted by Gasteiger charge is -2.38. The number of fused-ring (bicyclic) bond motifs is 1. The Labute approximate surface area is 199 Å². The maximum atomic E-state index is 13.1. The first-order valence-electron chi connectivity index (χ1n) is 10.5. The van der Waals surface area contributed by atoms with Gasteiger partial charge in [0.15, 0.2) is 10.8 Å². The molecule has 4 rings (SSSR count). The average Bonchev–Trinajstić information content (AvgIpc) is 3.21. The van der Waals surface area contributed by atoms with Gasteiger partial charge >= 0.3 is 0 Å². The number of Topliss-reactive ketones (excluding diaryl/α,β-unsaturated/α-hetero) is 1. The molecule has 1 fully saturated rings. The SMILES string of the molecule is CN(C)C(=O)C(=O)c1occ2nc(Cl)c(C(=O)N3CCC(O)(Cc4ccc(F)cc4)CC3)nc12. The number of halogens is 2. The van der Waals surface area contributed by atoms with E-state index in [4.69, 9.17) is 16.0 Å². The summed E-state index contributed by atoms with van der Waals surface area (Å²) < 4.78 is 18.4. The Morgan fingerprint density at radius 3 is 2.44 bits per heavy atom. The maximum Gasteiger partial charge on any atom is 0.297 e. The number of nitrogens with zero attached hydrogens (tertiary/aromatic N) is 4. The second kappa shape index (κ2) is 9.11. The Morgan fingerprint density at radius 2 is 1.82 bits per heavy atom. The van der Waals surface area contributed by atoms with Crippen LogP contribution in [0.2, 0.25) is 5.15 Å². The zero-order chi connectivity index (χ0) is 24.6. The lowest BCUT2D eigenvalue weighted by atomic mass is 9.85. The van der Waals surface area contributed by atoms with E-state index in [0.29, 0.717) is 19.3 Å². The van der Waals surface area contributed by atoms with E-state index < -0.39 is 23.2 Å². The first kappa shape index (κ1) is 23.8. The van der Waals surface area contributed by atoms with Gasteiger partial charge in [-0.1, -0.05) is 23.7 Å². The van der Waals surface area contributed by atoms with E-state index in [1.54, 1.807) is 12.1 Å². The molecule has 178 valence electrons. The van der Waals surface area contributed by atoms with Gasteiger partial charge in [-0.05, 0) is 30.5 Å². The molecule has 0 spiro atoms. The molecule has 0 radical (unpaired) electrons. The van der Waals surface area contributed by atoms with Crippen LogP contribution in [0.15, 0.2) is 34.9 Å². The number of hydrogen-bond acceptors (Lipinski definition) is 7. The van der Waals surface area contributed by atoms with Gasteiger partial charge in [0.25, 0.3) is 17.6 Å². The summed E-state index contributed by atoms with van der Waals surface area (Å²) in [5.74, 6) is -2.91. The molecule has 1 saturated heterocycles. The quantitative estimate of drug-likeness (QED) is 0.433. The molecule has 1 aliphatic heterocycles. The fourth-order valence-corrected chi connectivity index (χ4v) is 4.09. The molecule has 11 heteroatoms. The van der Waals surface area contributed by atoms with E-state index in [-0.39, 0.29) is 46.5 Å². The molecular formula is C23H22ClFN4O5. The first-order valence-corrected chi connectivity index (χ1v) is 10.9. The van der Waals surface area contributed by atoms with E-state index in [1.807, 2.05) is 0 Å². The van der Waals surface area contributed by atoms with E-state index >= 15 is 0 Å². The van der Waals surface area contributed by atoms with Gasteiger partial charge in [-0.2, -0.15) is 0 Å². The summed E-state index contributed by atoms with van der Waals surface area (Å²) >= 11 is 6.19.